The van der Waals surface area contributed by atoms with Gasteiger partial charge < -0.3 is 20.9 Å². The Labute approximate surface area is 183 Å². The molecule has 2 unspecified atom stereocenters. The maximum absolute atomic E-state index is 13.0. The van der Waals surface area contributed by atoms with E-state index >= 15 is 0 Å². The minimum absolute atomic E-state index is 0.00467. The van der Waals surface area contributed by atoms with Crippen molar-refractivity contribution in [1.82, 2.24) is 10.2 Å². The first-order valence-corrected chi connectivity index (χ1v) is 10.6. The lowest BCUT2D eigenvalue weighted by atomic mass is 9.81. The molecule has 1 heterocycles. The van der Waals surface area contributed by atoms with Crippen LogP contribution in [0.4, 0.5) is 5.69 Å². The lowest BCUT2D eigenvalue weighted by Crippen LogP contribution is -2.42. The average molecular weight is 419 g/mol. The van der Waals surface area contributed by atoms with Gasteiger partial charge in [-0.1, -0.05) is 37.3 Å². The minimum Gasteiger partial charge on any atom is -0.388 e. The molecule has 2 aromatic rings. The standard InChI is InChI=1S/C25H30N4O2/c1-17-4-5-21(14-24(17)28-16-30)25(31)29-13-11-22(18(2)15-29)19-6-8-20(9-7-19)23(27-3)10-12-26/h4-10,12,14,16,18,22,26-27H,11,13,15H2,1-3H3,(H,28,30)/b23-10-,26-12?. The van der Waals surface area contributed by atoms with E-state index in [0.717, 1.165) is 23.2 Å². The fourth-order valence-electron chi connectivity index (χ4n) is 4.30. The zero-order chi connectivity index (χ0) is 22.4. The number of carbonyl (C=O) groups is 2. The largest absolute Gasteiger partial charge is 0.388 e. The number of hydrogen-bond donors (Lipinski definition) is 3. The third-order valence-electron chi connectivity index (χ3n) is 6.06. The Bertz CT molecular complexity index is 982. The van der Waals surface area contributed by atoms with Gasteiger partial charge in [-0.3, -0.25) is 9.59 Å². The first-order valence-electron chi connectivity index (χ1n) is 10.6. The molecule has 6 heteroatoms. The molecular formula is C25H30N4O2. The van der Waals surface area contributed by atoms with Gasteiger partial charge in [-0.25, -0.2) is 0 Å². The van der Waals surface area contributed by atoms with E-state index in [1.165, 1.54) is 11.8 Å². The molecule has 2 amide bonds. The normalized spacial score (nSPS) is 18.9. The molecule has 0 saturated carbocycles. The van der Waals surface area contributed by atoms with Crippen molar-refractivity contribution in [3.05, 3.63) is 70.8 Å². The summed E-state index contributed by atoms with van der Waals surface area (Å²) in [5.41, 5.74) is 5.44. The zero-order valence-corrected chi connectivity index (χ0v) is 18.3. The van der Waals surface area contributed by atoms with Crippen LogP contribution < -0.4 is 10.6 Å². The average Bonchev–Trinajstić information content (AvgIpc) is 2.79. The third kappa shape index (κ3) is 5.02. The molecule has 0 bridgehead atoms. The minimum atomic E-state index is 0.00467. The summed E-state index contributed by atoms with van der Waals surface area (Å²) in [6.45, 7) is 5.50. The summed E-state index contributed by atoms with van der Waals surface area (Å²) in [7, 11) is 1.85. The molecule has 2 aromatic carbocycles. The molecule has 162 valence electrons. The molecule has 3 rings (SSSR count). The van der Waals surface area contributed by atoms with E-state index in [4.69, 9.17) is 5.41 Å². The van der Waals surface area contributed by atoms with E-state index in [2.05, 4.69) is 41.8 Å². The highest BCUT2D eigenvalue weighted by Gasteiger charge is 2.30. The summed E-state index contributed by atoms with van der Waals surface area (Å²) in [4.78, 5) is 25.8. The van der Waals surface area contributed by atoms with Crippen LogP contribution in [0.3, 0.4) is 0 Å². The van der Waals surface area contributed by atoms with Gasteiger partial charge in [0.1, 0.15) is 0 Å². The predicted octanol–water partition coefficient (Wildman–Crippen LogP) is 4.04. The van der Waals surface area contributed by atoms with Gasteiger partial charge in [0.25, 0.3) is 5.91 Å². The predicted molar refractivity (Wildman–Crippen MR) is 126 cm³/mol. The van der Waals surface area contributed by atoms with Gasteiger partial charge in [0.05, 0.1) is 0 Å². The smallest absolute Gasteiger partial charge is 0.253 e. The van der Waals surface area contributed by atoms with Crippen LogP contribution >= 0.6 is 0 Å². The number of nitrogens with one attached hydrogen (secondary N) is 3. The maximum Gasteiger partial charge on any atom is 0.253 e. The van der Waals surface area contributed by atoms with Crippen molar-refractivity contribution in [2.45, 2.75) is 26.2 Å². The highest BCUT2D eigenvalue weighted by molar-refractivity contribution is 5.96. The Morgan fingerprint density at radius 2 is 1.87 bits per heavy atom. The number of hydrogen-bond acceptors (Lipinski definition) is 4. The van der Waals surface area contributed by atoms with Gasteiger partial charge in [0.15, 0.2) is 0 Å². The molecule has 1 aliphatic heterocycles. The van der Waals surface area contributed by atoms with Gasteiger partial charge in [-0.2, -0.15) is 0 Å². The maximum atomic E-state index is 13.0. The number of benzene rings is 2. The van der Waals surface area contributed by atoms with Crippen molar-refractivity contribution >= 4 is 29.9 Å². The van der Waals surface area contributed by atoms with Crippen LogP contribution in [0.25, 0.3) is 5.70 Å². The highest BCUT2D eigenvalue weighted by atomic mass is 16.2. The van der Waals surface area contributed by atoms with Crippen molar-refractivity contribution in [2.24, 2.45) is 5.92 Å². The number of carbonyl (C=O) groups excluding carboxylic acids is 2. The SMILES string of the molecule is CN/C(=C\C=N)c1ccc(C2CCN(C(=O)c3ccc(C)c(NC=O)c3)CC2C)cc1. The van der Waals surface area contributed by atoms with Crippen molar-refractivity contribution in [2.75, 3.05) is 25.5 Å². The van der Waals surface area contributed by atoms with E-state index in [1.54, 1.807) is 12.1 Å². The Balaban J connectivity index is 1.70. The van der Waals surface area contributed by atoms with Crippen molar-refractivity contribution in [1.29, 1.82) is 5.41 Å². The zero-order valence-electron chi connectivity index (χ0n) is 18.3. The monoisotopic (exact) mass is 418 g/mol. The molecule has 6 nitrogen and oxygen atoms in total. The summed E-state index contributed by atoms with van der Waals surface area (Å²) < 4.78 is 0. The summed E-state index contributed by atoms with van der Waals surface area (Å²) in [6.07, 6.45) is 4.56. The number of nitrogens with zero attached hydrogens (tertiary/aromatic N) is 1. The molecule has 0 radical (unpaired) electrons. The molecule has 1 saturated heterocycles. The van der Waals surface area contributed by atoms with Crippen LogP contribution in [0, 0.1) is 18.3 Å². The molecule has 31 heavy (non-hydrogen) atoms. The Kier molecular flexibility index (Phi) is 7.23. The second kappa shape index (κ2) is 10.1. The molecule has 1 fully saturated rings. The second-order valence-electron chi connectivity index (χ2n) is 8.03. The highest BCUT2D eigenvalue weighted by Crippen LogP contribution is 2.34. The van der Waals surface area contributed by atoms with Gasteiger partial charge in [-0.15, -0.1) is 0 Å². The summed E-state index contributed by atoms with van der Waals surface area (Å²) >= 11 is 0. The van der Waals surface area contributed by atoms with Crippen LogP contribution in [-0.2, 0) is 4.79 Å². The fourth-order valence-corrected chi connectivity index (χ4v) is 4.30. The lowest BCUT2D eigenvalue weighted by molar-refractivity contribution is -0.105. The number of rotatable bonds is 7. The molecule has 3 N–H and O–H groups in total. The topological polar surface area (TPSA) is 85.3 Å². The van der Waals surface area contributed by atoms with Gasteiger partial charge in [0.2, 0.25) is 6.41 Å². The van der Waals surface area contributed by atoms with Gasteiger partial charge in [0, 0.05) is 43.3 Å². The molecule has 0 spiro atoms. The number of anilines is 1. The molecule has 1 aliphatic rings. The van der Waals surface area contributed by atoms with Crippen molar-refractivity contribution in [3.63, 3.8) is 0 Å². The third-order valence-corrected chi connectivity index (χ3v) is 6.06. The Hall–Kier alpha value is -3.41. The van der Waals surface area contributed by atoms with Gasteiger partial charge >= 0.3 is 0 Å². The number of amides is 2. The van der Waals surface area contributed by atoms with E-state index in [0.29, 0.717) is 42.6 Å². The molecule has 0 aliphatic carbocycles. The molecule has 2 atom stereocenters. The van der Waals surface area contributed by atoms with E-state index in [9.17, 15) is 9.59 Å². The van der Waals surface area contributed by atoms with Crippen LogP contribution in [0.2, 0.25) is 0 Å². The van der Waals surface area contributed by atoms with Crippen LogP contribution in [0.5, 0.6) is 0 Å². The Morgan fingerprint density at radius 1 is 1.16 bits per heavy atom. The van der Waals surface area contributed by atoms with Crippen LogP contribution in [0.15, 0.2) is 48.5 Å². The van der Waals surface area contributed by atoms with E-state index in [1.807, 2.05) is 31.0 Å². The molecular weight excluding hydrogens is 388 g/mol. The summed E-state index contributed by atoms with van der Waals surface area (Å²) in [5.74, 6) is 0.737. The van der Waals surface area contributed by atoms with E-state index < -0.39 is 0 Å². The lowest BCUT2D eigenvalue weighted by Gasteiger charge is -2.37. The van der Waals surface area contributed by atoms with Crippen LogP contribution in [0.1, 0.15) is 46.3 Å². The number of aryl methyl sites for hydroxylation is 1. The first-order chi connectivity index (χ1) is 15.0. The summed E-state index contributed by atoms with van der Waals surface area (Å²) in [6, 6.07) is 13.9. The summed E-state index contributed by atoms with van der Waals surface area (Å²) in [5, 5.41) is 13.1. The quantitative estimate of drug-likeness (QED) is 0.469. The fraction of sp³-hybridized carbons (Fsp3) is 0.320. The number of likely N-dealkylation sites (tertiary alicyclic amines) is 1. The second-order valence-corrected chi connectivity index (χ2v) is 8.03. The number of piperidine rings is 1. The van der Waals surface area contributed by atoms with Crippen molar-refractivity contribution in [3.8, 4) is 0 Å². The van der Waals surface area contributed by atoms with Crippen LogP contribution in [-0.4, -0.2) is 43.6 Å². The molecule has 0 aromatic heterocycles. The number of allylic oxidation sites excluding steroid dienone is 1. The Morgan fingerprint density at radius 3 is 2.48 bits per heavy atom. The van der Waals surface area contributed by atoms with Crippen molar-refractivity contribution < 1.29 is 9.59 Å². The first kappa shape index (κ1) is 22.3. The van der Waals surface area contributed by atoms with E-state index in [-0.39, 0.29) is 5.91 Å². The van der Waals surface area contributed by atoms with Gasteiger partial charge in [-0.05, 0) is 60.1 Å².